The Labute approximate surface area is 221 Å². The third-order valence-electron chi connectivity index (χ3n) is 4.32. The highest BCUT2D eigenvalue weighted by Crippen LogP contribution is 2.39. The highest BCUT2D eigenvalue weighted by atomic mass is 32.2. The van der Waals surface area contributed by atoms with Crippen LogP contribution in [0.3, 0.4) is 0 Å². The highest BCUT2D eigenvalue weighted by Gasteiger charge is 2.23. The fourth-order valence-corrected chi connectivity index (χ4v) is 4.67. The zero-order valence-corrected chi connectivity index (χ0v) is 22.1. The zero-order valence-electron chi connectivity index (χ0n) is 19.7. The van der Waals surface area contributed by atoms with Gasteiger partial charge in [0, 0.05) is 17.8 Å². The summed E-state index contributed by atoms with van der Waals surface area (Å²) in [5, 5.41) is 24.2. The highest BCUT2D eigenvalue weighted by molar-refractivity contribution is 7.91. The number of rotatable bonds is 15. The maximum atomic E-state index is 12.8. The molecule has 0 atom stereocenters. The zero-order chi connectivity index (χ0) is 28.3. The molecule has 0 radical (unpaired) electrons. The molecule has 0 heterocycles. The van der Waals surface area contributed by atoms with Gasteiger partial charge in [-0.15, -0.1) is 14.6 Å². The van der Waals surface area contributed by atoms with Crippen molar-refractivity contribution >= 4 is 61.1 Å². The van der Waals surface area contributed by atoms with E-state index in [0.29, 0.717) is 0 Å². The minimum Gasteiger partial charge on any atom is -0.495 e. The molecule has 0 fully saturated rings. The predicted octanol–water partition coefficient (Wildman–Crippen LogP) is 2.64. The molecule has 0 saturated heterocycles. The second-order valence-corrected chi connectivity index (χ2v) is 10.9. The Kier molecular flexibility index (Phi) is 11.5. The van der Waals surface area contributed by atoms with Crippen LogP contribution in [0.25, 0.3) is 0 Å². The number of carbonyl (C=O) groups is 1. The lowest BCUT2D eigenvalue weighted by Crippen LogP contribution is -2.19. The summed E-state index contributed by atoms with van der Waals surface area (Å²) < 4.78 is 75.6. The normalized spacial score (nSPS) is 11.9. The number of amides is 2. The van der Waals surface area contributed by atoms with Crippen LogP contribution in [-0.4, -0.2) is 65.1 Å². The Morgan fingerprint density at radius 1 is 1.05 bits per heavy atom. The Morgan fingerprint density at radius 3 is 2.34 bits per heavy atom. The average Bonchev–Trinajstić information content (AvgIpc) is 2.85. The van der Waals surface area contributed by atoms with E-state index < -0.39 is 37.6 Å². The number of ether oxygens (including phenoxy) is 2. The molecule has 2 aromatic carbocycles. The number of sulfone groups is 1. The van der Waals surface area contributed by atoms with E-state index in [0.717, 1.165) is 0 Å². The molecular formula is C18H23N5O12S3. The van der Waals surface area contributed by atoms with Crippen LogP contribution in [-0.2, 0) is 33.5 Å². The van der Waals surface area contributed by atoms with E-state index in [1.807, 2.05) is 0 Å². The van der Waals surface area contributed by atoms with Gasteiger partial charge in [0.1, 0.15) is 33.6 Å². The Balaban J connectivity index is 2.38. The second kappa shape index (κ2) is 14.1. The number of methoxy groups -OCH3 is 2. The maximum absolute atomic E-state index is 12.8. The molecule has 0 aliphatic rings. The molecule has 0 spiro atoms. The van der Waals surface area contributed by atoms with Crippen LogP contribution in [0, 0.1) is 0 Å². The number of nitrogens with zero attached hydrogens (tertiary/aromatic N) is 2. The first-order chi connectivity index (χ1) is 17.9. The third kappa shape index (κ3) is 9.57. The SMILES string of the molecule is COc1cc(S(=O)(=O)CCOSOOO)c(OC)cc1/N=N/c1ccc(NCS(=O)(=O)O)cc1NC(N)=O. The molecule has 20 heteroatoms. The van der Waals surface area contributed by atoms with Gasteiger partial charge in [-0.25, -0.2) is 18.5 Å². The Bertz CT molecular complexity index is 1370. The first kappa shape index (κ1) is 31.0. The molecule has 0 aliphatic heterocycles. The third-order valence-corrected chi connectivity index (χ3v) is 6.90. The number of hydrogen-bond donors (Lipinski definition) is 5. The van der Waals surface area contributed by atoms with Gasteiger partial charge < -0.3 is 25.8 Å². The van der Waals surface area contributed by atoms with Crippen molar-refractivity contribution in [2.45, 2.75) is 4.90 Å². The van der Waals surface area contributed by atoms with Gasteiger partial charge in [0.25, 0.3) is 10.1 Å². The van der Waals surface area contributed by atoms with Crippen LogP contribution in [0.4, 0.5) is 27.5 Å². The van der Waals surface area contributed by atoms with E-state index in [1.54, 1.807) is 0 Å². The standard InChI is InChI=1S/C18H23N5O12S3/c1-31-15-9-17(37(26,27)6-5-33-36-35-34-25)16(32-2)8-14(15)23-22-12-4-3-11(20-10-38(28,29)30)7-13(12)21-18(19)24/h3-4,7-9,20,25H,5-6,10H2,1-2H3,(H3,19,21,24)(H,28,29,30)/b23-22+. The van der Waals surface area contributed by atoms with Crippen LogP contribution in [0.1, 0.15) is 0 Å². The number of benzene rings is 2. The van der Waals surface area contributed by atoms with Crippen molar-refractivity contribution in [2.24, 2.45) is 16.0 Å². The second-order valence-electron chi connectivity index (χ2n) is 6.85. The summed E-state index contributed by atoms with van der Waals surface area (Å²) in [6.45, 7) is -0.325. The minimum atomic E-state index is -4.31. The Morgan fingerprint density at radius 2 is 1.74 bits per heavy atom. The van der Waals surface area contributed by atoms with E-state index >= 15 is 0 Å². The number of urea groups is 1. The van der Waals surface area contributed by atoms with Crippen molar-refractivity contribution < 1.29 is 54.5 Å². The van der Waals surface area contributed by atoms with Gasteiger partial charge >= 0.3 is 6.03 Å². The van der Waals surface area contributed by atoms with Gasteiger partial charge in [0.05, 0.1) is 32.3 Å². The van der Waals surface area contributed by atoms with Crippen molar-refractivity contribution in [1.29, 1.82) is 0 Å². The molecule has 0 bridgehead atoms. The van der Waals surface area contributed by atoms with Crippen molar-refractivity contribution in [3.63, 3.8) is 0 Å². The largest absolute Gasteiger partial charge is 0.495 e. The van der Waals surface area contributed by atoms with Gasteiger partial charge in [-0.05, 0) is 18.2 Å². The van der Waals surface area contributed by atoms with Gasteiger partial charge in [-0.3, -0.25) is 8.74 Å². The molecule has 17 nitrogen and oxygen atoms in total. The van der Waals surface area contributed by atoms with Crippen LogP contribution >= 0.6 is 12.3 Å². The number of carbonyl (C=O) groups excluding carboxylic acids is 1. The molecule has 2 aromatic rings. The number of nitrogens with two attached hydrogens (primary N) is 1. The number of anilines is 2. The van der Waals surface area contributed by atoms with Crippen LogP contribution < -0.4 is 25.8 Å². The Hall–Kier alpha value is -3.24. The summed E-state index contributed by atoms with van der Waals surface area (Å²) in [5.74, 6) is -1.35. The van der Waals surface area contributed by atoms with Crippen molar-refractivity contribution in [1.82, 2.24) is 0 Å². The van der Waals surface area contributed by atoms with E-state index in [4.69, 9.17) is 29.2 Å². The first-order valence-electron chi connectivity index (χ1n) is 9.96. The molecule has 210 valence electrons. The fourth-order valence-electron chi connectivity index (χ4n) is 2.74. The first-order valence-corrected chi connectivity index (χ1v) is 13.9. The fraction of sp³-hybridized carbons (Fsp3) is 0.278. The summed E-state index contributed by atoms with van der Waals surface area (Å²) in [6.07, 6.45) is 0. The summed E-state index contributed by atoms with van der Waals surface area (Å²) >= 11 is 0.227. The molecule has 2 amide bonds. The molecular weight excluding hydrogens is 574 g/mol. The van der Waals surface area contributed by atoms with Gasteiger partial charge in [-0.2, -0.15) is 8.42 Å². The molecule has 0 unspecified atom stereocenters. The van der Waals surface area contributed by atoms with E-state index in [1.165, 1.54) is 44.6 Å². The molecule has 38 heavy (non-hydrogen) atoms. The lowest BCUT2D eigenvalue weighted by molar-refractivity contribution is -0.434. The van der Waals surface area contributed by atoms with Crippen molar-refractivity contribution in [3.05, 3.63) is 30.3 Å². The monoisotopic (exact) mass is 597 g/mol. The van der Waals surface area contributed by atoms with Gasteiger partial charge in [-0.1, -0.05) is 5.04 Å². The minimum absolute atomic E-state index is 0.0104. The summed E-state index contributed by atoms with van der Waals surface area (Å²) in [4.78, 5) is 11.2. The molecule has 6 N–H and O–H groups in total. The molecule has 0 aliphatic carbocycles. The number of azo groups is 1. The van der Waals surface area contributed by atoms with E-state index in [9.17, 15) is 21.6 Å². The van der Waals surface area contributed by atoms with Crippen LogP contribution in [0.2, 0.25) is 0 Å². The van der Waals surface area contributed by atoms with E-state index in [2.05, 4.69) is 30.2 Å². The van der Waals surface area contributed by atoms with Crippen LogP contribution in [0.15, 0.2) is 45.5 Å². The lowest BCUT2D eigenvalue weighted by Gasteiger charge is -2.13. The summed E-state index contributed by atoms with van der Waals surface area (Å²) in [5.41, 5.74) is 5.58. The van der Waals surface area contributed by atoms with Crippen LogP contribution in [0.5, 0.6) is 11.5 Å². The maximum Gasteiger partial charge on any atom is 0.316 e. The number of primary amides is 1. The van der Waals surface area contributed by atoms with Crippen molar-refractivity contribution in [2.75, 3.05) is 43.1 Å². The topological polar surface area (TPSA) is 247 Å². The molecule has 0 saturated carbocycles. The van der Waals surface area contributed by atoms with Crippen molar-refractivity contribution in [3.8, 4) is 11.5 Å². The van der Waals surface area contributed by atoms with Gasteiger partial charge in [0.2, 0.25) is 0 Å². The number of nitrogens with one attached hydrogen (secondary N) is 2. The summed E-state index contributed by atoms with van der Waals surface area (Å²) in [6, 6.07) is 5.56. The van der Waals surface area contributed by atoms with Gasteiger partial charge in [0.15, 0.2) is 22.2 Å². The molecule has 0 aromatic heterocycles. The molecule has 2 rings (SSSR count). The predicted molar refractivity (Wildman–Crippen MR) is 134 cm³/mol. The van der Waals surface area contributed by atoms with E-state index in [-0.39, 0.29) is 58.1 Å². The smallest absolute Gasteiger partial charge is 0.316 e. The quantitative estimate of drug-likeness (QED) is 0.0494. The summed E-state index contributed by atoms with van der Waals surface area (Å²) in [7, 11) is -5.74. The number of hydrogen-bond acceptors (Lipinski definition) is 15. The lowest BCUT2D eigenvalue weighted by atomic mass is 10.2. The average molecular weight is 598 g/mol.